The Morgan fingerprint density at radius 2 is 2.47 bits per heavy atom. The van der Waals surface area contributed by atoms with Gasteiger partial charge >= 0.3 is 0 Å². The zero-order valence-corrected chi connectivity index (χ0v) is 8.96. The van der Waals surface area contributed by atoms with E-state index in [4.69, 9.17) is 6.42 Å². The van der Waals surface area contributed by atoms with Crippen LogP contribution in [0.3, 0.4) is 0 Å². The molecule has 0 unspecified atom stereocenters. The molecule has 0 aliphatic carbocycles. The fraction of sp³-hybridized carbons (Fsp3) is 0.400. The molecule has 0 spiro atoms. The van der Waals surface area contributed by atoms with Gasteiger partial charge in [-0.3, -0.25) is 10.1 Å². The highest BCUT2D eigenvalue weighted by Crippen LogP contribution is 2.00. The molecule has 0 radical (unpaired) electrons. The zero-order chi connectivity index (χ0) is 11.1. The molecule has 3 N–H and O–H groups in total. The molecule has 0 saturated carbocycles. The lowest BCUT2D eigenvalue weighted by Gasteiger charge is -2.08. The van der Waals surface area contributed by atoms with E-state index in [9.17, 15) is 0 Å². The summed E-state index contributed by atoms with van der Waals surface area (Å²) >= 11 is 0. The van der Waals surface area contributed by atoms with Crippen LogP contribution in [0.25, 0.3) is 0 Å². The quantitative estimate of drug-likeness (QED) is 0.370. The van der Waals surface area contributed by atoms with Gasteiger partial charge in [0.15, 0.2) is 5.96 Å². The Balaban J connectivity index is 2.42. The number of aliphatic imine (C=N–C) groups is 1. The molecule has 15 heavy (non-hydrogen) atoms. The average molecular weight is 205 g/mol. The van der Waals surface area contributed by atoms with Crippen molar-refractivity contribution in [2.24, 2.45) is 4.99 Å². The molecule has 0 amide bonds. The van der Waals surface area contributed by atoms with Gasteiger partial charge in [-0.15, -0.1) is 6.42 Å². The average Bonchev–Trinajstić information content (AvgIpc) is 2.65. The van der Waals surface area contributed by atoms with Gasteiger partial charge in [0.05, 0.1) is 12.7 Å². The molecule has 1 heterocycles. The van der Waals surface area contributed by atoms with Gasteiger partial charge in [0.1, 0.15) is 0 Å². The Labute approximate surface area is 89.4 Å². The third-order valence-electron chi connectivity index (χ3n) is 1.96. The fourth-order valence-electron chi connectivity index (χ4n) is 1.09. The number of guanidine groups is 1. The summed E-state index contributed by atoms with van der Waals surface area (Å²) in [4.78, 5) is 4.02. The van der Waals surface area contributed by atoms with Crippen LogP contribution < -0.4 is 10.6 Å². The van der Waals surface area contributed by atoms with Gasteiger partial charge in [-0.25, -0.2) is 0 Å². The highest BCUT2D eigenvalue weighted by Gasteiger charge is 2.01. The van der Waals surface area contributed by atoms with Crippen molar-refractivity contribution >= 4 is 5.96 Å². The van der Waals surface area contributed by atoms with Gasteiger partial charge in [0.2, 0.25) is 0 Å². The molecule has 0 aliphatic rings. The Hall–Kier alpha value is -1.96. The molecule has 0 bridgehead atoms. The first-order valence-corrected chi connectivity index (χ1v) is 4.64. The van der Waals surface area contributed by atoms with Gasteiger partial charge in [0, 0.05) is 24.8 Å². The van der Waals surface area contributed by atoms with Gasteiger partial charge in [-0.2, -0.15) is 5.10 Å². The maximum atomic E-state index is 5.14. The number of aromatic amines is 1. The summed E-state index contributed by atoms with van der Waals surface area (Å²) in [5, 5.41) is 12.9. The first-order chi connectivity index (χ1) is 7.27. The first-order valence-electron chi connectivity index (χ1n) is 4.64. The molecular formula is C10H15N5. The number of H-pyrrole nitrogens is 1. The molecule has 0 atom stereocenters. The van der Waals surface area contributed by atoms with Crippen LogP contribution in [-0.4, -0.2) is 29.7 Å². The molecule has 0 fully saturated rings. The van der Waals surface area contributed by atoms with Crippen LogP contribution in [0, 0.1) is 19.3 Å². The summed E-state index contributed by atoms with van der Waals surface area (Å²) in [6.07, 6.45) is 6.92. The zero-order valence-electron chi connectivity index (χ0n) is 8.96. The van der Waals surface area contributed by atoms with Crippen LogP contribution in [-0.2, 0) is 6.54 Å². The molecule has 5 nitrogen and oxygen atoms in total. The summed E-state index contributed by atoms with van der Waals surface area (Å²) in [5.41, 5.74) is 2.16. The Morgan fingerprint density at radius 1 is 1.67 bits per heavy atom. The Kier molecular flexibility index (Phi) is 4.23. The van der Waals surface area contributed by atoms with Crippen molar-refractivity contribution in [2.45, 2.75) is 13.5 Å². The minimum absolute atomic E-state index is 0.462. The molecule has 80 valence electrons. The summed E-state index contributed by atoms with van der Waals surface area (Å²) in [5.74, 6) is 3.18. The second kappa shape index (κ2) is 5.70. The minimum atomic E-state index is 0.462. The Bertz CT molecular complexity index is 371. The number of hydrogen-bond acceptors (Lipinski definition) is 2. The van der Waals surface area contributed by atoms with E-state index in [1.165, 1.54) is 0 Å². The number of nitrogens with one attached hydrogen (secondary N) is 3. The maximum absolute atomic E-state index is 5.14. The number of aryl methyl sites for hydroxylation is 1. The van der Waals surface area contributed by atoms with Crippen LogP contribution in [0.15, 0.2) is 11.2 Å². The highest BCUT2D eigenvalue weighted by atomic mass is 15.2. The summed E-state index contributed by atoms with van der Waals surface area (Å²) in [7, 11) is 1.70. The predicted molar refractivity (Wildman–Crippen MR) is 60.4 cm³/mol. The topological polar surface area (TPSA) is 65.1 Å². The van der Waals surface area contributed by atoms with Crippen LogP contribution in [0.2, 0.25) is 0 Å². The normalized spacial score (nSPS) is 10.9. The van der Waals surface area contributed by atoms with Crippen LogP contribution in [0.4, 0.5) is 0 Å². The minimum Gasteiger partial charge on any atom is -0.352 e. The van der Waals surface area contributed by atoms with E-state index in [0.717, 1.165) is 11.3 Å². The third kappa shape index (κ3) is 3.35. The number of hydrogen-bond donors (Lipinski definition) is 3. The van der Waals surface area contributed by atoms with Crippen molar-refractivity contribution in [2.75, 3.05) is 13.6 Å². The van der Waals surface area contributed by atoms with Crippen molar-refractivity contribution < 1.29 is 0 Å². The summed E-state index contributed by atoms with van der Waals surface area (Å²) in [6.45, 7) is 3.11. The van der Waals surface area contributed by atoms with Crippen molar-refractivity contribution in [1.82, 2.24) is 20.8 Å². The van der Waals surface area contributed by atoms with Crippen molar-refractivity contribution in [3.8, 4) is 12.3 Å². The second-order valence-corrected chi connectivity index (χ2v) is 3.00. The highest BCUT2D eigenvalue weighted by molar-refractivity contribution is 5.79. The third-order valence-corrected chi connectivity index (χ3v) is 1.96. The van der Waals surface area contributed by atoms with E-state index in [1.54, 1.807) is 13.2 Å². The van der Waals surface area contributed by atoms with Crippen LogP contribution in [0.5, 0.6) is 0 Å². The first kappa shape index (κ1) is 11.1. The monoisotopic (exact) mass is 205 g/mol. The molecule has 1 aromatic heterocycles. The van der Waals surface area contributed by atoms with Crippen molar-refractivity contribution in [1.29, 1.82) is 0 Å². The Morgan fingerprint density at radius 3 is 3.00 bits per heavy atom. The smallest absolute Gasteiger partial charge is 0.192 e. The van der Waals surface area contributed by atoms with Crippen molar-refractivity contribution in [3.63, 3.8) is 0 Å². The molecule has 5 heteroatoms. The van der Waals surface area contributed by atoms with E-state index < -0.39 is 0 Å². The van der Waals surface area contributed by atoms with E-state index >= 15 is 0 Å². The molecule has 1 aromatic rings. The van der Waals surface area contributed by atoms with Gasteiger partial charge in [-0.05, 0) is 6.92 Å². The van der Waals surface area contributed by atoms with E-state index in [1.807, 2.05) is 6.92 Å². The SMILES string of the molecule is C#CCNC(=NC)NCc1cn[nH]c1C. The lowest BCUT2D eigenvalue weighted by molar-refractivity contribution is 0.846. The lowest BCUT2D eigenvalue weighted by Crippen LogP contribution is -2.36. The summed E-state index contributed by atoms with van der Waals surface area (Å²) < 4.78 is 0. The van der Waals surface area contributed by atoms with Gasteiger partial charge < -0.3 is 10.6 Å². The standard InChI is InChI=1S/C10H15N5/c1-4-5-12-10(11-3)13-6-9-7-14-15-8(9)2/h1,7H,5-6H2,2-3H3,(H,14,15)(H2,11,12,13). The largest absolute Gasteiger partial charge is 0.352 e. The van der Waals surface area contributed by atoms with Gasteiger partial charge in [-0.1, -0.05) is 5.92 Å². The molecule has 0 saturated heterocycles. The molecule has 0 aromatic carbocycles. The number of nitrogens with zero attached hydrogens (tertiary/aromatic N) is 2. The van der Waals surface area contributed by atoms with E-state index in [2.05, 4.69) is 31.7 Å². The van der Waals surface area contributed by atoms with Crippen LogP contribution in [0.1, 0.15) is 11.3 Å². The predicted octanol–water partition coefficient (Wildman–Crippen LogP) is 0.0163. The van der Waals surface area contributed by atoms with Crippen LogP contribution >= 0.6 is 0 Å². The number of rotatable bonds is 3. The van der Waals surface area contributed by atoms with E-state index in [0.29, 0.717) is 19.0 Å². The molecular weight excluding hydrogens is 190 g/mol. The fourth-order valence-corrected chi connectivity index (χ4v) is 1.09. The molecule has 1 rings (SSSR count). The van der Waals surface area contributed by atoms with Crippen molar-refractivity contribution in [3.05, 3.63) is 17.5 Å². The lowest BCUT2D eigenvalue weighted by atomic mass is 10.3. The second-order valence-electron chi connectivity index (χ2n) is 3.00. The number of aromatic nitrogens is 2. The number of terminal acetylenes is 1. The summed E-state index contributed by atoms with van der Waals surface area (Å²) in [6, 6.07) is 0. The molecule has 0 aliphatic heterocycles. The van der Waals surface area contributed by atoms with Gasteiger partial charge in [0.25, 0.3) is 0 Å². The van der Waals surface area contributed by atoms with E-state index in [-0.39, 0.29) is 0 Å². The maximum Gasteiger partial charge on any atom is 0.192 e.